The first-order chi connectivity index (χ1) is 6.40. The van der Waals surface area contributed by atoms with E-state index in [0.29, 0.717) is 0 Å². The summed E-state index contributed by atoms with van der Waals surface area (Å²) >= 11 is 1.70. The smallest absolute Gasteiger partial charge is 0.102 e. The lowest BCUT2D eigenvalue weighted by Crippen LogP contribution is -2.04. The maximum absolute atomic E-state index is 4.22. The van der Waals surface area contributed by atoms with Gasteiger partial charge in [0.15, 0.2) is 0 Å². The van der Waals surface area contributed by atoms with Gasteiger partial charge in [-0.25, -0.2) is 0 Å². The van der Waals surface area contributed by atoms with Gasteiger partial charge in [-0.3, -0.25) is 5.10 Å². The number of hydrogen-bond donors (Lipinski definition) is 2. The molecular formula is C9H11N3S. The monoisotopic (exact) mass is 193 g/mol. The highest BCUT2D eigenvalue weighted by molar-refractivity contribution is 7.13. The van der Waals surface area contributed by atoms with E-state index in [1.165, 1.54) is 4.88 Å². The highest BCUT2D eigenvalue weighted by Crippen LogP contribution is 2.22. The lowest BCUT2D eigenvalue weighted by atomic mass is 10.3. The maximum atomic E-state index is 4.22. The van der Waals surface area contributed by atoms with Crippen LogP contribution in [0, 0.1) is 0 Å². The van der Waals surface area contributed by atoms with Gasteiger partial charge >= 0.3 is 0 Å². The molecule has 0 saturated carbocycles. The highest BCUT2D eigenvalue weighted by atomic mass is 32.1. The molecule has 0 fully saturated rings. The standard InChI is InChI=1S/C9H11N3S/c1-10-6-7-5-8(12-11-7)9-3-2-4-13-9/h2-5,10H,6H2,1H3,(H,11,12). The molecule has 0 aliphatic heterocycles. The Balaban J connectivity index is 2.23. The van der Waals surface area contributed by atoms with Crippen LogP contribution in [0.1, 0.15) is 5.69 Å². The number of nitrogens with one attached hydrogen (secondary N) is 2. The summed E-state index contributed by atoms with van der Waals surface area (Å²) in [6, 6.07) is 6.18. The molecule has 0 aromatic carbocycles. The van der Waals surface area contributed by atoms with Crippen LogP contribution in [-0.2, 0) is 6.54 Å². The molecule has 0 spiro atoms. The Bertz CT molecular complexity index is 364. The van der Waals surface area contributed by atoms with Crippen molar-refractivity contribution in [3.63, 3.8) is 0 Å². The number of thiophene rings is 1. The molecular weight excluding hydrogens is 182 g/mol. The first-order valence-corrected chi connectivity index (χ1v) is 5.01. The Hall–Kier alpha value is -1.13. The normalized spacial score (nSPS) is 10.5. The van der Waals surface area contributed by atoms with Crippen molar-refractivity contribution in [1.82, 2.24) is 15.5 Å². The average Bonchev–Trinajstić information content (AvgIpc) is 2.70. The number of aromatic nitrogens is 2. The molecule has 2 aromatic rings. The van der Waals surface area contributed by atoms with Crippen LogP contribution < -0.4 is 5.32 Å². The molecule has 0 radical (unpaired) electrons. The minimum absolute atomic E-state index is 0.832. The zero-order chi connectivity index (χ0) is 9.10. The summed E-state index contributed by atoms with van der Waals surface area (Å²) in [6.45, 7) is 0.832. The van der Waals surface area contributed by atoms with E-state index in [0.717, 1.165) is 17.9 Å². The molecule has 2 heterocycles. The molecule has 2 aromatic heterocycles. The fourth-order valence-electron chi connectivity index (χ4n) is 1.19. The predicted molar refractivity (Wildman–Crippen MR) is 54.7 cm³/mol. The second-order valence-electron chi connectivity index (χ2n) is 2.79. The third kappa shape index (κ3) is 1.79. The predicted octanol–water partition coefficient (Wildman–Crippen LogP) is 1.86. The molecule has 0 saturated heterocycles. The van der Waals surface area contributed by atoms with Gasteiger partial charge < -0.3 is 5.32 Å². The van der Waals surface area contributed by atoms with Gasteiger partial charge in [0.1, 0.15) is 5.69 Å². The van der Waals surface area contributed by atoms with Crippen molar-refractivity contribution in [2.45, 2.75) is 6.54 Å². The average molecular weight is 193 g/mol. The summed E-state index contributed by atoms with van der Waals surface area (Å²) in [5, 5.41) is 12.3. The molecule has 0 aliphatic rings. The Morgan fingerprint density at radius 3 is 3.23 bits per heavy atom. The van der Waals surface area contributed by atoms with Gasteiger partial charge in [0.25, 0.3) is 0 Å². The van der Waals surface area contributed by atoms with Gasteiger partial charge in [-0.05, 0) is 24.6 Å². The zero-order valence-electron chi connectivity index (χ0n) is 7.37. The van der Waals surface area contributed by atoms with Crippen LogP contribution in [0.5, 0.6) is 0 Å². The van der Waals surface area contributed by atoms with E-state index >= 15 is 0 Å². The summed E-state index contributed by atoms with van der Waals surface area (Å²) in [5.74, 6) is 0. The molecule has 13 heavy (non-hydrogen) atoms. The number of aromatic amines is 1. The number of H-pyrrole nitrogens is 1. The van der Waals surface area contributed by atoms with Gasteiger partial charge in [0.2, 0.25) is 0 Å². The molecule has 2 rings (SSSR count). The fraction of sp³-hybridized carbons (Fsp3) is 0.222. The first-order valence-electron chi connectivity index (χ1n) is 4.13. The van der Waals surface area contributed by atoms with Crippen LogP contribution in [0.4, 0.5) is 0 Å². The van der Waals surface area contributed by atoms with E-state index in [2.05, 4.69) is 33.0 Å². The van der Waals surface area contributed by atoms with Crippen LogP contribution >= 0.6 is 11.3 Å². The van der Waals surface area contributed by atoms with Crippen molar-refractivity contribution in [2.75, 3.05) is 7.05 Å². The van der Waals surface area contributed by atoms with E-state index in [9.17, 15) is 0 Å². The molecule has 4 heteroatoms. The summed E-state index contributed by atoms with van der Waals surface area (Å²) in [5.41, 5.74) is 2.14. The topological polar surface area (TPSA) is 40.7 Å². The molecule has 0 bridgehead atoms. The molecule has 2 N–H and O–H groups in total. The highest BCUT2D eigenvalue weighted by Gasteiger charge is 2.03. The summed E-state index contributed by atoms with van der Waals surface area (Å²) in [4.78, 5) is 1.21. The quantitative estimate of drug-likeness (QED) is 0.781. The van der Waals surface area contributed by atoms with Gasteiger partial charge in [-0.15, -0.1) is 11.3 Å². The van der Waals surface area contributed by atoms with Crippen molar-refractivity contribution < 1.29 is 0 Å². The Kier molecular flexibility index (Phi) is 2.42. The van der Waals surface area contributed by atoms with Gasteiger partial charge in [0, 0.05) is 12.2 Å². The number of rotatable bonds is 3. The molecule has 0 atom stereocenters. The van der Waals surface area contributed by atoms with E-state index in [4.69, 9.17) is 0 Å². The van der Waals surface area contributed by atoms with Crippen LogP contribution in [0.2, 0.25) is 0 Å². The van der Waals surface area contributed by atoms with Crippen LogP contribution in [0.3, 0.4) is 0 Å². The summed E-state index contributed by atoms with van der Waals surface area (Å²) in [7, 11) is 1.92. The Morgan fingerprint density at radius 1 is 1.62 bits per heavy atom. The number of nitrogens with zero attached hydrogens (tertiary/aromatic N) is 1. The van der Waals surface area contributed by atoms with Gasteiger partial charge in [-0.1, -0.05) is 6.07 Å². The minimum atomic E-state index is 0.832. The summed E-state index contributed by atoms with van der Waals surface area (Å²) < 4.78 is 0. The lowest BCUT2D eigenvalue weighted by molar-refractivity contribution is 0.784. The molecule has 0 unspecified atom stereocenters. The third-order valence-corrected chi connectivity index (χ3v) is 2.66. The van der Waals surface area contributed by atoms with Crippen LogP contribution in [0.15, 0.2) is 23.6 Å². The molecule has 68 valence electrons. The Labute approximate surface area is 80.8 Å². The zero-order valence-corrected chi connectivity index (χ0v) is 8.19. The molecule has 0 amide bonds. The SMILES string of the molecule is CNCc1cc(-c2cccs2)n[nH]1. The van der Waals surface area contributed by atoms with E-state index in [-0.39, 0.29) is 0 Å². The van der Waals surface area contributed by atoms with Crippen molar-refractivity contribution in [3.05, 3.63) is 29.3 Å². The van der Waals surface area contributed by atoms with Crippen LogP contribution in [-0.4, -0.2) is 17.2 Å². The fourth-order valence-corrected chi connectivity index (χ4v) is 1.88. The van der Waals surface area contributed by atoms with E-state index < -0.39 is 0 Å². The van der Waals surface area contributed by atoms with Crippen molar-refractivity contribution in [3.8, 4) is 10.6 Å². The second-order valence-corrected chi connectivity index (χ2v) is 3.73. The Morgan fingerprint density at radius 2 is 2.54 bits per heavy atom. The van der Waals surface area contributed by atoms with Gasteiger partial charge in [-0.2, -0.15) is 5.10 Å². The third-order valence-electron chi connectivity index (χ3n) is 1.77. The molecule has 3 nitrogen and oxygen atoms in total. The van der Waals surface area contributed by atoms with Crippen molar-refractivity contribution in [2.24, 2.45) is 0 Å². The summed E-state index contributed by atoms with van der Waals surface area (Å²) in [6.07, 6.45) is 0. The van der Waals surface area contributed by atoms with Crippen LogP contribution in [0.25, 0.3) is 10.6 Å². The second kappa shape index (κ2) is 3.72. The van der Waals surface area contributed by atoms with Crippen molar-refractivity contribution in [1.29, 1.82) is 0 Å². The van der Waals surface area contributed by atoms with Crippen molar-refractivity contribution >= 4 is 11.3 Å². The van der Waals surface area contributed by atoms with E-state index in [1.54, 1.807) is 11.3 Å². The lowest BCUT2D eigenvalue weighted by Gasteiger charge is -1.90. The molecule has 0 aliphatic carbocycles. The maximum Gasteiger partial charge on any atom is 0.102 e. The van der Waals surface area contributed by atoms with Gasteiger partial charge in [0.05, 0.1) is 4.88 Å². The van der Waals surface area contributed by atoms with E-state index in [1.807, 2.05) is 13.1 Å². The minimum Gasteiger partial charge on any atom is -0.314 e. The first kappa shape index (κ1) is 8.47. The number of hydrogen-bond acceptors (Lipinski definition) is 3. The largest absolute Gasteiger partial charge is 0.314 e.